The zero-order valence-corrected chi connectivity index (χ0v) is 14.5. The lowest BCUT2D eigenvalue weighted by Gasteiger charge is -2.17. The highest BCUT2D eigenvalue weighted by Gasteiger charge is 2.20. The van der Waals surface area contributed by atoms with Crippen molar-refractivity contribution in [3.63, 3.8) is 0 Å². The van der Waals surface area contributed by atoms with Crippen molar-refractivity contribution in [3.05, 3.63) is 39.8 Å². The molecule has 8 nitrogen and oxygen atoms in total. The summed E-state index contributed by atoms with van der Waals surface area (Å²) < 4.78 is 5.96. The number of hydrogen-bond donors (Lipinski definition) is 4. The summed E-state index contributed by atoms with van der Waals surface area (Å²) >= 11 is 6.00. The van der Waals surface area contributed by atoms with Crippen molar-refractivity contribution in [3.8, 4) is 0 Å². The summed E-state index contributed by atoms with van der Waals surface area (Å²) in [6.07, 6.45) is 0. The molecule has 1 atom stereocenters. The summed E-state index contributed by atoms with van der Waals surface area (Å²) in [7, 11) is 1.49. The summed E-state index contributed by atoms with van der Waals surface area (Å²) in [5, 5.41) is 14.2. The highest BCUT2D eigenvalue weighted by molar-refractivity contribution is 7.73. The predicted molar refractivity (Wildman–Crippen MR) is 93.4 cm³/mol. The van der Waals surface area contributed by atoms with E-state index in [1.54, 1.807) is 0 Å². The molecule has 0 fully saturated rings. The maximum Gasteiger partial charge on any atom is 0.321 e. The third-order valence-corrected chi connectivity index (χ3v) is 3.93. The van der Waals surface area contributed by atoms with Gasteiger partial charge in [0.15, 0.2) is 3.95 Å². The van der Waals surface area contributed by atoms with Gasteiger partial charge in [-0.25, -0.2) is 4.79 Å². The molecule has 2 rings (SSSR count). The molecule has 1 aromatic heterocycles. The van der Waals surface area contributed by atoms with Gasteiger partial charge < -0.3 is 15.4 Å². The summed E-state index contributed by atoms with van der Waals surface area (Å²) in [6.45, 7) is 0.386. The van der Waals surface area contributed by atoms with Gasteiger partial charge in [-0.05, 0) is 17.8 Å². The van der Waals surface area contributed by atoms with Gasteiger partial charge in [0.05, 0.1) is 13.2 Å². The van der Waals surface area contributed by atoms with E-state index < -0.39 is 12.1 Å². The molecule has 0 aliphatic heterocycles. The summed E-state index contributed by atoms with van der Waals surface area (Å²) in [4.78, 5) is 23.8. The number of aromatic amines is 1. The number of H-pyrrole nitrogens is 1. The molecule has 2 aromatic rings. The lowest BCUT2D eigenvalue weighted by molar-refractivity contribution is -0.124. The van der Waals surface area contributed by atoms with E-state index in [0.717, 1.165) is 16.9 Å². The predicted octanol–water partition coefficient (Wildman–Crippen LogP) is 1.65. The molecule has 3 amide bonds. The Morgan fingerprint density at radius 3 is 2.75 bits per heavy atom. The fourth-order valence-electron chi connectivity index (χ4n) is 1.80. The Balaban J connectivity index is 1.86. The minimum atomic E-state index is -0.828. The number of amides is 3. The number of nitrogens with zero attached hydrogens (tertiary/aromatic N) is 1. The van der Waals surface area contributed by atoms with Crippen molar-refractivity contribution in [2.75, 3.05) is 19.0 Å². The van der Waals surface area contributed by atoms with Crippen molar-refractivity contribution in [2.24, 2.45) is 0 Å². The van der Waals surface area contributed by atoms with Gasteiger partial charge in [-0.3, -0.25) is 15.2 Å². The quantitative estimate of drug-likeness (QED) is 0.557. The summed E-state index contributed by atoms with van der Waals surface area (Å²) in [6, 6.07) is 8.15. The molecule has 1 aromatic carbocycles. The van der Waals surface area contributed by atoms with Crippen LogP contribution in [0.4, 0.5) is 9.93 Å². The van der Waals surface area contributed by atoms with Crippen LogP contribution in [-0.4, -0.2) is 41.8 Å². The first-order valence-corrected chi connectivity index (χ1v) is 8.27. The summed E-state index contributed by atoms with van der Waals surface area (Å²) in [5.74, 6) is -0.354. The molecular formula is C14H17N5O3S2. The van der Waals surface area contributed by atoms with Gasteiger partial charge in [0.2, 0.25) is 11.0 Å². The lowest BCUT2D eigenvalue weighted by atomic mass is 10.2. The van der Waals surface area contributed by atoms with E-state index in [1.165, 1.54) is 7.05 Å². The Hall–Kier alpha value is -2.30. The average Bonchev–Trinajstić information content (AvgIpc) is 2.99. The van der Waals surface area contributed by atoms with Gasteiger partial charge >= 0.3 is 6.03 Å². The van der Waals surface area contributed by atoms with Crippen LogP contribution in [0.2, 0.25) is 0 Å². The van der Waals surface area contributed by atoms with Crippen LogP contribution in [0.3, 0.4) is 0 Å². The zero-order valence-electron chi connectivity index (χ0n) is 12.9. The van der Waals surface area contributed by atoms with E-state index in [2.05, 4.69) is 26.1 Å². The second-order valence-corrected chi connectivity index (χ2v) is 6.35. The Kier molecular flexibility index (Phi) is 6.85. The van der Waals surface area contributed by atoms with Crippen LogP contribution < -0.4 is 16.0 Å². The Morgan fingerprint density at radius 1 is 1.38 bits per heavy atom. The van der Waals surface area contributed by atoms with E-state index in [0.29, 0.717) is 15.7 Å². The molecule has 0 aliphatic rings. The molecule has 0 aliphatic carbocycles. The molecule has 10 heteroatoms. The van der Waals surface area contributed by atoms with Crippen molar-refractivity contribution in [1.82, 2.24) is 20.8 Å². The Morgan fingerprint density at radius 2 is 2.12 bits per heavy atom. The second kappa shape index (κ2) is 9.11. The van der Waals surface area contributed by atoms with Crippen LogP contribution in [-0.2, 0) is 16.1 Å². The number of ether oxygens (including phenoxy) is 1. The molecular weight excluding hydrogens is 350 g/mol. The van der Waals surface area contributed by atoms with E-state index in [4.69, 9.17) is 17.0 Å². The van der Waals surface area contributed by atoms with Gasteiger partial charge in [-0.1, -0.05) is 41.7 Å². The molecule has 4 N–H and O–H groups in total. The van der Waals surface area contributed by atoms with Crippen LogP contribution in [0.25, 0.3) is 0 Å². The summed E-state index contributed by atoms with van der Waals surface area (Å²) in [5.41, 5.74) is 0.980. The monoisotopic (exact) mass is 367 g/mol. The maximum atomic E-state index is 11.9. The highest BCUT2D eigenvalue weighted by atomic mass is 32.1. The number of rotatable bonds is 7. The Labute approximate surface area is 147 Å². The Bertz CT molecular complexity index is 731. The van der Waals surface area contributed by atoms with Crippen LogP contribution in [0.5, 0.6) is 0 Å². The normalized spacial score (nSPS) is 11.5. The number of anilines is 1. The largest absolute Gasteiger partial charge is 0.374 e. The SMILES string of the molecule is CNC(=O)C(COCc1ccccc1)NC(=O)Nc1n[nH]c(=S)s1. The molecule has 0 spiro atoms. The second-order valence-electron chi connectivity index (χ2n) is 4.68. The molecule has 0 bridgehead atoms. The first-order valence-electron chi connectivity index (χ1n) is 7.05. The molecule has 1 unspecified atom stereocenters. The number of aromatic nitrogens is 2. The molecule has 0 saturated heterocycles. The fourth-order valence-corrected chi connectivity index (χ4v) is 2.59. The van der Waals surface area contributed by atoms with Crippen LogP contribution in [0.1, 0.15) is 5.56 Å². The van der Waals surface area contributed by atoms with E-state index in [1.807, 2.05) is 30.3 Å². The molecule has 0 radical (unpaired) electrons. The first kappa shape index (κ1) is 18.0. The third kappa shape index (κ3) is 5.72. The minimum Gasteiger partial charge on any atom is -0.374 e. The molecule has 128 valence electrons. The van der Waals surface area contributed by atoms with Gasteiger partial charge in [-0.2, -0.15) is 0 Å². The van der Waals surface area contributed by atoms with Gasteiger partial charge in [0.25, 0.3) is 0 Å². The number of nitrogens with one attached hydrogen (secondary N) is 4. The standard InChI is InChI=1S/C14H17N5O3S2/c1-15-11(20)10(8-22-7-9-5-3-2-4-6-9)16-12(21)17-13-18-19-14(23)24-13/h2-6,10H,7-8H2,1H3,(H,15,20)(H,19,23)(H2,16,17,18,21). The van der Waals surface area contributed by atoms with Crippen molar-refractivity contribution in [2.45, 2.75) is 12.6 Å². The smallest absolute Gasteiger partial charge is 0.321 e. The van der Waals surface area contributed by atoms with Gasteiger partial charge in [0, 0.05) is 7.05 Å². The number of benzene rings is 1. The number of carbonyl (C=O) groups is 2. The fraction of sp³-hybridized carbons (Fsp3) is 0.286. The van der Waals surface area contributed by atoms with Crippen LogP contribution in [0, 0.1) is 3.95 Å². The topological polar surface area (TPSA) is 108 Å². The minimum absolute atomic E-state index is 0.0399. The number of urea groups is 1. The first-order chi connectivity index (χ1) is 11.6. The van der Waals surface area contributed by atoms with E-state index in [-0.39, 0.29) is 12.5 Å². The zero-order chi connectivity index (χ0) is 17.4. The molecule has 0 saturated carbocycles. The number of likely N-dealkylation sites (N-methyl/N-ethyl adjacent to an activating group) is 1. The number of hydrogen-bond acceptors (Lipinski definition) is 6. The lowest BCUT2D eigenvalue weighted by Crippen LogP contribution is -2.49. The van der Waals surface area contributed by atoms with Gasteiger partial charge in [0.1, 0.15) is 6.04 Å². The third-order valence-electron chi connectivity index (χ3n) is 2.92. The number of carbonyl (C=O) groups excluding carboxylic acids is 2. The van der Waals surface area contributed by atoms with Gasteiger partial charge in [-0.15, -0.1) is 5.10 Å². The van der Waals surface area contributed by atoms with E-state index in [9.17, 15) is 9.59 Å². The molecule has 24 heavy (non-hydrogen) atoms. The van der Waals surface area contributed by atoms with Crippen molar-refractivity contribution in [1.29, 1.82) is 0 Å². The maximum absolute atomic E-state index is 11.9. The van der Waals surface area contributed by atoms with Crippen LogP contribution >= 0.6 is 23.6 Å². The highest BCUT2D eigenvalue weighted by Crippen LogP contribution is 2.10. The average molecular weight is 367 g/mol. The van der Waals surface area contributed by atoms with Crippen molar-refractivity contribution >= 4 is 40.6 Å². The van der Waals surface area contributed by atoms with Crippen molar-refractivity contribution < 1.29 is 14.3 Å². The van der Waals surface area contributed by atoms with E-state index >= 15 is 0 Å². The van der Waals surface area contributed by atoms with Crippen LogP contribution in [0.15, 0.2) is 30.3 Å². The molecule has 1 heterocycles.